The molecule has 7 heteroatoms. The molecule has 0 bridgehead atoms. The van der Waals surface area contributed by atoms with Gasteiger partial charge >= 0.3 is 11.9 Å². The Balaban J connectivity index is 2.00. The van der Waals surface area contributed by atoms with E-state index in [9.17, 15) is 14.4 Å². The van der Waals surface area contributed by atoms with E-state index in [1.807, 2.05) is 30.3 Å². The third-order valence-corrected chi connectivity index (χ3v) is 4.08. The minimum absolute atomic E-state index is 0.137. The molecule has 7 nitrogen and oxygen atoms in total. The number of rotatable bonds is 7. The normalized spacial score (nSPS) is 11.6. The van der Waals surface area contributed by atoms with Gasteiger partial charge in [0.1, 0.15) is 5.69 Å². The summed E-state index contributed by atoms with van der Waals surface area (Å²) in [6.07, 6.45) is -0.977. The van der Waals surface area contributed by atoms with E-state index >= 15 is 0 Å². The van der Waals surface area contributed by atoms with Crippen LogP contribution in [0.2, 0.25) is 0 Å². The molecule has 1 atom stereocenters. The molecule has 144 valence electrons. The molecule has 0 fully saturated rings. The maximum absolute atomic E-state index is 12.4. The first kappa shape index (κ1) is 20.2. The first-order valence-corrected chi connectivity index (χ1v) is 8.74. The van der Waals surface area contributed by atoms with Crippen LogP contribution in [-0.2, 0) is 20.8 Å². The zero-order valence-corrected chi connectivity index (χ0v) is 15.9. The molecule has 1 amide bonds. The van der Waals surface area contributed by atoms with E-state index in [1.165, 1.54) is 6.92 Å². The van der Waals surface area contributed by atoms with E-state index in [0.29, 0.717) is 23.4 Å². The van der Waals surface area contributed by atoms with Gasteiger partial charge in [-0.2, -0.15) is 0 Å². The highest BCUT2D eigenvalue weighted by Gasteiger charge is 2.26. The van der Waals surface area contributed by atoms with Crippen LogP contribution in [0.1, 0.15) is 51.5 Å². The number of ether oxygens (including phenoxy) is 2. The second-order valence-electron chi connectivity index (χ2n) is 6.10. The monoisotopic (exact) mass is 372 g/mol. The molecule has 0 radical (unpaired) electrons. The van der Waals surface area contributed by atoms with E-state index in [4.69, 9.17) is 9.47 Å². The minimum atomic E-state index is -0.977. The summed E-state index contributed by atoms with van der Waals surface area (Å²) in [4.78, 5) is 39.4. The van der Waals surface area contributed by atoms with Gasteiger partial charge in [0.25, 0.3) is 5.91 Å². The Morgan fingerprint density at radius 2 is 1.78 bits per heavy atom. The van der Waals surface area contributed by atoms with Gasteiger partial charge in [0.2, 0.25) is 0 Å². The number of aromatic amines is 1. The lowest BCUT2D eigenvalue weighted by Crippen LogP contribution is -2.35. The maximum atomic E-state index is 12.4. The largest absolute Gasteiger partial charge is 0.462 e. The highest BCUT2D eigenvalue weighted by Crippen LogP contribution is 2.20. The molecule has 0 saturated carbocycles. The summed E-state index contributed by atoms with van der Waals surface area (Å²) >= 11 is 0. The van der Waals surface area contributed by atoms with E-state index in [1.54, 1.807) is 20.8 Å². The van der Waals surface area contributed by atoms with Crippen molar-refractivity contribution in [2.45, 2.75) is 40.3 Å². The Bertz CT molecular complexity index is 826. The molecule has 1 heterocycles. The van der Waals surface area contributed by atoms with Crippen LogP contribution in [0.4, 0.5) is 0 Å². The van der Waals surface area contributed by atoms with Crippen LogP contribution in [0.5, 0.6) is 0 Å². The number of amides is 1. The van der Waals surface area contributed by atoms with Crippen molar-refractivity contribution in [1.82, 2.24) is 10.3 Å². The number of hydrogen-bond acceptors (Lipinski definition) is 5. The second kappa shape index (κ2) is 9.02. The van der Waals surface area contributed by atoms with E-state index < -0.39 is 23.9 Å². The molecule has 0 unspecified atom stereocenters. The number of hydrogen-bond donors (Lipinski definition) is 2. The molecule has 1 aromatic heterocycles. The fourth-order valence-electron chi connectivity index (χ4n) is 2.67. The number of carbonyl (C=O) groups is 3. The molecule has 0 aliphatic heterocycles. The predicted molar refractivity (Wildman–Crippen MR) is 99.4 cm³/mol. The van der Waals surface area contributed by atoms with Crippen molar-refractivity contribution < 1.29 is 23.9 Å². The van der Waals surface area contributed by atoms with Crippen LogP contribution in [0.25, 0.3) is 0 Å². The van der Waals surface area contributed by atoms with Crippen LogP contribution in [-0.4, -0.2) is 35.5 Å². The molecule has 0 saturated heterocycles. The number of carbonyl (C=O) groups excluding carboxylic acids is 3. The number of esters is 2. The van der Waals surface area contributed by atoms with Crippen molar-refractivity contribution in [3.05, 3.63) is 58.4 Å². The molecule has 0 aliphatic carbocycles. The highest BCUT2D eigenvalue weighted by atomic mass is 16.5. The van der Waals surface area contributed by atoms with Crippen molar-refractivity contribution in [3.63, 3.8) is 0 Å². The SMILES string of the molecule is CCOC(=O)c1c(C)[nH]c(C(=O)O[C@H](C)C(=O)NCc2ccccc2)c1C. The quantitative estimate of drug-likeness (QED) is 0.728. The summed E-state index contributed by atoms with van der Waals surface area (Å²) in [5.74, 6) is -1.61. The molecule has 2 N–H and O–H groups in total. The maximum Gasteiger partial charge on any atom is 0.355 e. The van der Waals surface area contributed by atoms with Gasteiger partial charge in [-0.05, 0) is 38.8 Å². The Kier molecular flexibility index (Phi) is 6.76. The first-order chi connectivity index (χ1) is 12.8. The molecule has 2 aromatic rings. The van der Waals surface area contributed by atoms with Crippen molar-refractivity contribution in [2.75, 3.05) is 6.61 Å². The Hall–Kier alpha value is -3.09. The third-order valence-electron chi connectivity index (χ3n) is 4.08. The van der Waals surface area contributed by atoms with Crippen molar-refractivity contribution >= 4 is 17.8 Å². The topological polar surface area (TPSA) is 97.5 Å². The molecular weight excluding hydrogens is 348 g/mol. The third kappa shape index (κ3) is 4.97. The summed E-state index contributed by atoms with van der Waals surface area (Å²) in [6.45, 7) is 7.09. The predicted octanol–water partition coefficient (Wildman–Crippen LogP) is 2.67. The molecule has 0 spiro atoms. The Labute approximate surface area is 158 Å². The second-order valence-corrected chi connectivity index (χ2v) is 6.10. The zero-order valence-electron chi connectivity index (χ0n) is 15.9. The van der Waals surface area contributed by atoms with Crippen LogP contribution in [0, 0.1) is 13.8 Å². The summed E-state index contributed by atoms with van der Waals surface area (Å²) in [5, 5.41) is 2.72. The number of nitrogens with one attached hydrogen (secondary N) is 2. The van der Waals surface area contributed by atoms with Crippen molar-refractivity contribution in [2.24, 2.45) is 0 Å². The highest BCUT2D eigenvalue weighted by molar-refractivity contribution is 5.99. The molecule has 0 aliphatic rings. The Morgan fingerprint density at radius 3 is 2.41 bits per heavy atom. The van der Waals surface area contributed by atoms with Crippen molar-refractivity contribution in [3.8, 4) is 0 Å². The van der Waals surface area contributed by atoms with Crippen LogP contribution >= 0.6 is 0 Å². The zero-order chi connectivity index (χ0) is 20.0. The molecule has 2 rings (SSSR count). The van der Waals surface area contributed by atoms with Gasteiger partial charge in [-0.15, -0.1) is 0 Å². The van der Waals surface area contributed by atoms with Crippen LogP contribution in [0.3, 0.4) is 0 Å². The van der Waals surface area contributed by atoms with Gasteiger partial charge in [0.05, 0.1) is 12.2 Å². The average Bonchev–Trinajstić information content (AvgIpc) is 2.95. The number of benzene rings is 1. The summed E-state index contributed by atoms with van der Waals surface area (Å²) < 4.78 is 10.2. The van der Waals surface area contributed by atoms with Crippen LogP contribution < -0.4 is 5.32 Å². The smallest absolute Gasteiger partial charge is 0.355 e. The fraction of sp³-hybridized carbons (Fsp3) is 0.350. The average molecular weight is 372 g/mol. The number of H-pyrrole nitrogens is 1. The van der Waals surface area contributed by atoms with Gasteiger partial charge in [0, 0.05) is 12.2 Å². The van der Waals surface area contributed by atoms with E-state index in [0.717, 1.165) is 5.56 Å². The van der Waals surface area contributed by atoms with Gasteiger partial charge in [0.15, 0.2) is 6.10 Å². The molecule has 1 aromatic carbocycles. The Morgan fingerprint density at radius 1 is 1.11 bits per heavy atom. The van der Waals surface area contributed by atoms with E-state index in [-0.39, 0.29) is 12.3 Å². The van der Waals surface area contributed by atoms with Gasteiger partial charge in [-0.1, -0.05) is 30.3 Å². The van der Waals surface area contributed by atoms with Gasteiger partial charge in [-0.3, -0.25) is 4.79 Å². The summed E-state index contributed by atoms with van der Waals surface area (Å²) in [7, 11) is 0. The molecular formula is C20H24N2O5. The fourth-order valence-corrected chi connectivity index (χ4v) is 2.67. The lowest BCUT2D eigenvalue weighted by molar-refractivity contribution is -0.129. The standard InChI is InChI=1S/C20H24N2O5/c1-5-26-19(24)16-12(2)17(22-13(16)3)20(25)27-14(4)18(23)21-11-15-9-7-6-8-10-15/h6-10,14,22H,5,11H2,1-4H3,(H,21,23)/t14-/m1/s1. The number of aryl methyl sites for hydroxylation is 1. The summed E-state index contributed by atoms with van der Waals surface area (Å²) in [5.41, 5.74) is 2.34. The van der Waals surface area contributed by atoms with Crippen molar-refractivity contribution in [1.29, 1.82) is 0 Å². The van der Waals surface area contributed by atoms with Gasteiger partial charge < -0.3 is 19.8 Å². The minimum Gasteiger partial charge on any atom is -0.462 e. The lowest BCUT2D eigenvalue weighted by Gasteiger charge is -2.13. The first-order valence-electron chi connectivity index (χ1n) is 8.74. The molecule has 27 heavy (non-hydrogen) atoms. The van der Waals surface area contributed by atoms with Crippen LogP contribution in [0.15, 0.2) is 30.3 Å². The number of aromatic nitrogens is 1. The summed E-state index contributed by atoms with van der Waals surface area (Å²) in [6, 6.07) is 9.42. The van der Waals surface area contributed by atoms with E-state index in [2.05, 4.69) is 10.3 Å². The van der Waals surface area contributed by atoms with Gasteiger partial charge in [-0.25, -0.2) is 9.59 Å². The lowest BCUT2D eigenvalue weighted by atomic mass is 10.1.